The van der Waals surface area contributed by atoms with Crippen molar-refractivity contribution in [2.24, 2.45) is 0 Å². The van der Waals surface area contributed by atoms with Crippen molar-refractivity contribution in [1.82, 2.24) is 4.90 Å². The molecule has 2 fully saturated rings. The molecule has 0 aliphatic carbocycles. The van der Waals surface area contributed by atoms with Crippen LogP contribution in [0.3, 0.4) is 0 Å². The summed E-state index contributed by atoms with van der Waals surface area (Å²) in [5, 5.41) is 0. The molecule has 3 rings (SSSR count). The Balaban J connectivity index is 1.79. The van der Waals surface area contributed by atoms with Gasteiger partial charge in [-0.3, -0.25) is 4.90 Å². The first-order valence-electron chi connectivity index (χ1n) is 8.20. The first-order chi connectivity index (χ1) is 9.60. The van der Waals surface area contributed by atoms with Gasteiger partial charge in [0, 0.05) is 31.4 Å². The van der Waals surface area contributed by atoms with E-state index in [1.54, 1.807) is 0 Å². The highest BCUT2D eigenvalue weighted by Gasteiger charge is 2.30. The van der Waals surface area contributed by atoms with E-state index in [-0.39, 0.29) is 5.41 Å². The molecule has 1 unspecified atom stereocenters. The van der Waals surface area contributed by atoms with Gasteiger partial charge in [-0.2, -0.15) is 0 Å². The van der Waals surface area contributed by atoms with E-state index in [1.807, 2.05) is 0 Å². The zero-order valence-electron chi connectivity index (χ0n) is 13.2. The minimum absolute atomic E-state index is 0.283. The Morgan fingerprint density at radius 1 is 1.20 bits per heavy atom. The average molecular weight is 272 g/mol. The SMILES string of the molecule is CCC(C)(C)c1cccc(N2CCN3CCCC3C2)c1. The third-order valence-electron chi connectivity index (χ3n) is 5.46. The number of benzene rings is 1. The van der Waals surface area contributed by atoms with Crippen molar-refractivity contribution in [2.75, 3.05) is 31.1 Å². The Kier molecular flexibility index (Phi) is 3.76. The number of hydrogen-bond acceptors (Lipinski definition) is 2. The fourth-order valence-electron chi connectivity index (χ4n) is 3.55. The second kappa shape index (κ2) is 5.40. The quantitative estimate of drug-likeness (QED) is 0.828. The van der Waals surface area contributed by atoms with Crippen LogP contribution in [0.25, 0.3) is 0 Å². The van der Waals surface area contributed by atoms with Crippen molar-refractivity contribution < 1.29 is 0 Å². The van der Waals surface area contributed by atoms with Gasteiger partial charge in [0.2, 0.25) is 0 Å². The van der Waals surface area contributed by atoms with Crippen molar-refractivity contribution in [2.45, 2.75) is 51.5 Å². The van der Waals surface area contributed by atoms with Crippen molar-refractivity contribution >= 4 is 5.69 Å². The lowest BCUT2D eigenvalue weighted by atomic mass is 9.82. The summed E-state index contributed by atoms with van der Waals surface area (Å²) in [4.78, 5) is 5.28. The van der Waals surface area contributed by atoms with Crippen LogP contribution in [0.1, 0.15) is 45.6 Å². The van der Waals surface area contributed by atoms with Gasteiger partial charge in [0.15, 0.2) is 0 Å². The topological polar surface area (TPSA) is 6.48 Å². The summed E-state index contributed by atoms with van der Waals surface area (Å²) in [7, 11) is 0. The molecule has 2 heterocycles. The van der Waals surface area contributed by atoms with Gasteiger partial charge in [-0.05, 0) is 48.9 Å². The van der Waals surface area contributed by atoms with Gasteiger partial charge < -0.3 is 4.90 Å². The molecule has 0 N–H and O–H groups in total. The van der Waals surface area contributed by atoms with E-state index < -0.39 is 0 Å². The maximum Gasteiger partial charge on any atom is 0.0370 e. The Morgan fingerprint density at radius 2 is 2.05 bits per heavy atom. The maximum atomic E-state index is 2.68. The minimum Gasteiger partial charge on any atom is -0.369 e. The zero-order valence-corrected chi connectivity index (χ0v) is 13.2. The highest BCUT2D eigenvalue weighted by molar-refractivity contribution is 5.50. The van der Waals surface area contributed by atoms with Crippen molar-refractivity contribution in [1.29, 1.82) is 0 Å². The molecule has 1 aromatic rings. The van der Waals surface area contributed by atoms with Crippen LogP contribution >= 0.6 is 0 Å². The Labute approximate surface area is 123 Å². The zero-order chi connectivity index (χ0) is 14.2. The first-order valence-corrected chi connectivity index (χ1v) is 8.20. The van der Waals surface area contributed by atoms with Crippen LogP contribution < -0.4 is 4.90 Å². The van der Waals surface area contributed by atoms with E-state index in [0.717, 1.165) is 6.04 Å². The molecule has 2 heteroatoms. The lowest BCUT2D eigenvalue weighted by Gasteiger charge is -2.39. The summed E-state index contributed by atoms with van der Waals surface area (Å²) in [6, 6.07) is 10.0. The molecule has 20 heavy (non-hydrogen) atoms. The summed E-state index contributed by atoms with van der Waals surface area (Å²) in [6.45, 7) is 11.9. The largest absolute Gasteiger partial charge is 0.369 e. The van der Waals surface area contributed by atoms with Gasteiger partial charge in [0.25, 0.3) is 0 Å². The van der Waals surface area contributed by atoms with E-state index >= 15 is 0 Å². The van der Waals surface area contributed by atoms with Crippen LogP contribution in [0, 0.1) is 0 Å². The van der Waals surface area contributed by atoms with Gasteiger partial charge in [-0.1, -0.05) is 32.9 Å². The highest BCUT2D eigenvalue weighted by atomic mass is 15.3. The van der Waals surface area contributed by atoms with Crippen molar-refractivity contribution in [3.05, 3.63) is 29.8 Å². The average Bonchev–Trinajstić information content (AvgIpc) is 2.94. The summed E-state index contributed by atoms with van der Waals surface area (Å²) in [5.41, 5.74) is 3.19. The first kappa shape index (κ1) is 13.9. The molecule has 0 radical (unpaired) electrons. The number of anilines is 1. The van der Waals surface area contributed by atoms with Crippen LogP contribution in [-0.2, 0) is 5.41 Å². The van der Waals surface area contributed by atoms with Crippen LogP contribution in [-0.4, -0.2) is 37.1 Å². The molecular formula is C18H28N2. The summed E-state index contributed by atoms with van der Waals surface area (Å²) in [5.74, 6) is 0. The van der Waals surface area contributed by atoms with E-state index in [0.29, 0.717) is 0 Å². The van der Waals surface area contributed by atoms with E-state index in [4.69, 9.17) is 0 Å². The fourth-order valence-corrected chi connectivity index (χ4v) is 3.55. The number of piperazine rings is 1. The highest BCUT2D eigenvalue weighted by Crippen LogP contribution is 2.31. The summed E-state index contributed by atoms with van der Waals surface area (Å²) < 4.78 is 0. The van der Waals surface area contributed by atoms with Gasteiger partial charge >= 0.3 is 0 Å². The third kappa shape index (κ3) is 2.58. The molecule has 0 spiro atoms. The van der Waals surface area contributed by atoms with E-state index in [9.17, 15) is 0 Å². The minimum atomic E-state index is 0.283. The molecule has 1 aromatic carbocycles. The number of fused-ring (bicyclic) bond motifs is 1. The molecule has 110 valence electrons. The molecule has 0 aromatic heterocycles. The summed E-state index contributed by atoms with van der Waals surface area (Å²) in [6.07, 6.45) is 3.96. The molecule has 0 bridgehead atoms. The number of hydrogen-bond donors (Lipinski definition) is 0. The van der Waals surface area contributed by atoms with Gasteiger partial charge in [0.05, 0.1) is 0 Å². The van der Waals surface area contributed by atoms with Crippen LogP contribution in [0.4, 0.5) is 5.69 Å². The molecule has 0 saturated carbocycles. The molecule has 2 nitrogen and oxygen atoms in total. The van der Waals surface area contributed by atoms with Crippen molar-refractivity contribution in [3.63, 3.8) is 0 Å². The van der Waals surface area contributed by atoms with Gasteiger partial charge in [-0.25, -0.2) is 0 Å². The Hall–Kier alpha value is -1.02. The Bertz CT molecular complexity index is 466. The summed E-state index contributed by atoms with van der Waals surface area (Å²) >= 11 is 0. The monoisotopic (exact) mass is 272 g/mol. The van der Waals surface area contributed by atoms with Crippen LogP contribution in [0.15, 0.2) is 24.3 Å². The van der Waals surface area contributed by atoms with E-state index in [2.05, 4.69) is 54.8 Å². The van der Waals surface area contributed by atoms with Gasteiger partial charge in [0.1, 0.15) is 0 Å². The molecule has 0 amide bonds. The smallest absolute Gasteiger partial charge is 0.0370 e. The number of nitrogens with zero attached hydrogens (tertiary/aromatic N) is 2. The Morgan fingerprint density at radius 3 is 2.85 bits per heavy atom. The molecule has 2 aliphatic rings. The molecule has 2 saturated heterocycles. The lowest BCUT2D eigenvalue weighted by Crippen LogP contribution is -2.50. The second-order valence-corrected chi connectivity index (χ2v) is 7.07. The third-order valence-corrected chi connectivity index (χ3v) is 5.46. The van der Waals surface area contributed by atoms with Crippen molar-refractivity contribution in [3.8, 4) is 0 Å². The standard InChI is InChI=1S/C18H28N2/c1-4-18(2,3)15-7-5-8-16(13-15)20-12-11-19-10-6-9-17(19)14-20/h5,7-8,13,17H,4,6,9-12,14H2,1-3H3. The van der Waals surface area contributed by atoms with Crippen LogP contribution in [0.2, 0.25) is 0 Å². The fraction of sp³-hybridized carbons (Fsp3) is 0.667. The predicted octanol–water partition coefficient (Wildman–Crippen LogP) is 3.66. The van der Waals surface area contributed by atoms with E-state index in [1.165, 1.54) is 56.7 Å². The van der Waals surface area contributed by atoms with Crippen LogP contribution in [0.5, 0.6) is 0 Å². The normalized spacial score (nSPS) is 23.9. The van der Waals surface area contributed by atoms with Gasteiger partial charge in [-0.15, -0.1) is 0 Å². The molecular weight excluding hydrogens is 244 g/mol. The lowest BCUT2D eigenvalue weighted by molar-refractivity contribution is 0.231. The number of rotatable bonds is 3. The maximum absolute atomic E-state index is 2.68. The predicted molar refractivity (Wildman–Crippen MR) is 86.6 cm³/mol. The molecule has 2 aliphatic heterocycles. The second-order valence-electron chi connectivity index (χ2n) is 7.07. The molecule has 1 atom stereocenters.